The molecule has 0 radical (unpaired) electrons. The number of morpholine rings is 1. The van der Waals surface area contributed by atoms with Gasteiger partial charge in [0.25, 0.3) is 10.2 Å². The first kappa shape index (κ1) is 20.5. The molecule has 0 unspecified atom stereocenters. The van der Waals surface area contributed by atoms with E-state index >= 15 is 0 Å². The lowest BCUT2D eigenvalue weighted by Crippen LogP contribution is -2.57. The van der Waals surface area contributed by atoms with Crippen molar-refractivity contribution >= 4 is 10.2 Å². The van der Waals surface area contributed by atoms with Crippen LogP contribution in [0, 0.1) is 6.92 Å². The van der Waals surface area contributed by atoms with Crippen molar-refractivity contribution < 1.29 is 17.9 Å². The van der Waals surface area contributed by atoms with Crippen molar-refractivity contribution in [1.82, 2.24) is 13.5 Å². The molecule has 2 heterocycles. The fourth-order valence-corrected chi connectivity index (χ4v) is 5.41. The Morgan fingerprint density at radius 3 is 2.37 bits per heavy atom. The molecule has 0 bridgehead atoms. The first-order valence-electron chi connectivity index (χ1n) is 9.67. The number of aryl methyl sites for hydroxylation is 1. The minimum atomic E-state index is -3.41. The van der Waals surface area contributed by atoms with Gasteiger partial charge < -0.3 is 9.47 Å². The van der Waals surface area contributed by atoms with Crippen molar-refractivity contribution in [2.75, 3.05) is 52.4 Å². The van der Waals surface area contributed by atoms with Gasteiger partial charge in [0.2, 0.25) is 0 Å². The number of benzene rings is 1. The highest BCUT2D eigenvalue weighted by atomic mass is 32.2. The van der Waals surface area contributed by atoms with E-state index in [9.17, 15) is 8.42 Å². The maximum Gasteiger partial charge on any atom is 0.282 e. The Labute approximate surface area is 163 Å². The van der Waals surface area contributed by atoms with Crippen LogP contribution in [0.25, 0.3) is 0 Å². The molecule has 0 aliphatic carbocycles. The van der Waals surface area contributed by atoms with Gasteiger partial charge in [-0.05, 0) is 38.5 Å². The Morgan fingerprint density at radius 1 is 1.07 bits per heavy atom. The highest BCUT2D eigenvalue weighted by molar-refractivity contribution is 7.86. The predicted octanol–water partition coefficient (Wildman–Crippen LogP) is 1.35. The molecule has 27 heavy (non-hydrogen) atoms. The van der Waals surface area contributed by atoms with Crippen LogP contribution in [0.2, 0.25) is 0 Å². The van der Waals surface area contributed by atoms with E-state index in [-0.39, 0.29) is 12.2 Å². The molecular weight excluding hydrogens is 366 g/mol. The van der Waals surface area contributed by atoms with E-state index in [1.54, 1.807) is 8.61 Å². The SMILES string of the molecule is Cc1cccc(OCCN2CCN(S(=O)(=O)N3C[C@@H](C)O[C@@H](C)C3)CC2)c1. The van der Waals surface area contributed by atoms with Crippen molar-refractivity contribution in [3.63, 3.8) is 0 Å². The molecule has 2 atom stereocenters. The van der Waals surface area contributed by atoms with Crippen LogP contribution < -0.4 is 4.74 Å². The summed E-state index contributed by atoms with van der Waals surface area (Å²) in [5.74, 6) is 0.881. The van der Waals surface area contributed by atoms with E-state index in [4.69, 9.17) is 9.47 Å². The second-order valence-electron chi connectivity index (χ2n) is 7.49. The molecule has 2 aliphatic rings. The molecule has 0 aromatic heterocycles. The third-order valence-electron chi connectivity index (χ3n) is 5.04. The van der Waals surface area contributed by atoms with E-state index in [2.05, 4.69) is 4.90 Å². The van der Waals surface area contributed by atoms with Gasteiger partial charge in [0.05, 0.1) is 12.2 Å². The van der Waals surface area contributed by atoms with Crippen molar-refractivity contribution in [3.05, 3.63) is 29.8 Å². The van der Waals surface area contributed by atoms with Crippen LogP contribution in [-0.4, -0.2) is 86.6 Å². The Balaban J connectivity index is 1.45. The van der Waals surface area contributed by atoms with Gasteiger partial charge in [-0.3, -0.25) is 4.90 Å². The minimum absolute atomic E-state index is 0.0661. The van der Waals surface area contributed by atoms with E-state index in [1.165, 1.54) is 5.56 Å². The van der Waals surface area contributed by atoms with Crippen LogP contribution in [0.1, 0.15) is 19.4 Å². The van der Waals surface area contributed by atoms with E-state index in [1.807, 2.05) is 45.0 Å². The summed E-state index contributed by atoms with van der Waals surface area (Å²) < 4.78 is 40.5. The smallest absolute Gasteiger partial charge is 0.282 e. The molecule has 1 aromatic carbocycles. The summed E-state index contributed by atoms with van der Waals surface area (Å²) in [6.45, 7) is 10.6. The van der Waals surface area contributed by atoms with Gasteiger partial charge in [0.1, 0.15) is 12.4 Å². The first-order valence-corrected chi connectivity index (χ1v) is 11.1. The van der Waals surface area contributed by atoms with Crippen LogP contribution in [0.4, 0.5) is 0 Å². The molecule has 0 saturated carbocycles. The zero-order chi connectivity index (χ0) is 19.4. The summed E-state index contributed by atoms with van der Waals surface area (Å²) in [4.78, 5) is 2.26. The van der Waals surface area contributed by atoms with Gasteiger partial charge in [-0.1, -0.05) is 12.1 Å². The maximum absolute atomic E-state index is 12.9. The summed E-state index contributed by atoms with van der Waals surface area (Å²) in [6.07, 6.45) is -0.132. The summed E-state index contributed by atoms with van der Waals surface area (Å²) in [7, 11) is -3.41. The van der Waals surface area contributed by atoms with E-state index in [0.29, 0.717) is 32.8 Å². The summed E-state index contributed by atoms with van der Waals surface area (Å²) in [6, 6.07) is 8.01. The van der Waals surface area contributed by atoms with Crippen molar-refractivity contribution in [2.24, 2.45) is 0 Å². The molecule has 2 saturated heterocycles. The fourth-order valence-electron chi connectivity index (χ4n) is 3.66. The maximum atomic E-state index is 12.9. The third-order valence-corrected chi connectivity index (χ3v) is 7.00. The molecule has 1 aromatic rings. The highest BCUT2D eigenvalue weighted by Gasteiger charge is 2.36. The zero-order valence-electron chi connectivity index (χ0n) is 16.5. The zero-order valence-corrected chi connectivity index (χ0v) is 17.3. The van der Waals surface area contributed by atoms with Crippen LogP contribution in [0.15, 0.2) is 24.3 Å². The summed E-state index contributed by atoms with van der Waals surface area (Å²) in [5, 5.41) is 0. The number of ether oxygens (including phenoxy) is 2. The summed E-state index contributed by atoms with van der Waals surface area (Å²) >= 11 is 0. The highest BCUT2D eigenvalue weighted by Crippen LogP contribution is 2.19. The quantitative estimate of drug-likeness (QED) is 0.725. The lowest BCUT2D eigenvalue weighted by atomic mass is 10.2. The molecule has 152 valence electrons. The molecule has 0 amide bonds. The van der Waals surface area contributed by atoms with Crippen molar-refractivity contribution in [2.45, 2.75) is 33.0 Å². The third kappa shape index (κ3) is 5.42. The number of hydrogen-bond acceptors (Lipinski definition) is 5. The second-order valence-corrected chi connectivity index (χ2v) is 9.42. The normalized spacial score (nSPS) is 26.2. The van der Waals surface area contributed by atoms with Crippen molar-refractivity contribution in [1.29, 1.82) is 0 Å². The van der Waals surface area contributed by atoms with Crippen LogP contribution in [0.3, 0.4) is 0 Å². The van der Waals surface area contributed by atoms with Crippen LogP contribution >= 0.6 is 0 Å². The molecule has 8 heteroatoms. The van der Waals surface area contributed by atoms with E-state index < -0.39 is 10.2 Å². The molecular formula is C19H31N3O4S. The van der Waals surface area contributed by atoms with Crippen LogP contribution in [-0.2, 0) is 14.9 Å². The Morgan fingerprint density at radius 2 is 1.74 bits per heavy atom. The molecule has 0 N–H and O–H groups in total. The summed E-state index contributed by atoms with van der Waals surface area (Å²) in [5.41, 5.74) is 1.18. The van der Waals surface area contributed by atoms with Gasteiger partial charge >= 0.3 is 0 Å². The fraction of sp³-hybridized carbons (Fsp3) is 0.684. The number of rotatable bonds is 6. The first-order chi connectivity index (χ1) is 12.8. The van der Waals surface area contributed by atoms with E-state index in [0.717, 1.165) is 25.4 Å². The van der Waals surface area contributed by atoms with Gasteiger partial charge in [-0.25, -0.2) is 0 Å². The molecule has 0 spiro atoms. The van der Waals surface area contributed by atoms with Gasteiger partial charge in [0.15, 0.2) is 0 Å². The van der Waals surface area contributed by atoms with Gasteiger partial charge in [0, 0.05) is 45.8 Å². The average molecular weight is 398 g/mol. The second kappa shape index (κ2) is 8.87. The van der Waals surface area contributed by atoms with Crippen LogP contribution in [0.5, 0.6) is 5.75 Å². The lowest BCUT2D eigenvalue weighted by Gasteiger charge is -2.40. The number of piperazine rings is 1. The topological polar surface area (TPSA) is 62.3 Å². The minimum Gasteiger partial charge on any atom is -0.492 e. The average Bonchev–Trinajstić information content (AvgIpc) is 2.61. The largest absolute Gasteiger partial charge is 0.492 e. The molecule has 2 aliphatic heterocycles. The molecule has 3 rings (SSSR count). The number of nitrogens with zero attached hydrogens (tertiary/aromatic N) is 3. The Hall–Kier alpha value is -1.19. The Kier molecular flexibility index (Phi) is 6.75. The lowest BCUT2D eigenvalue weighted by molar-refractivity contribution is -0.0457. The van der Waals surface area contributed by atoms with Crippen molar-refractivity contribution in [3.8, 4) is 5.75 Å². The standard InChI is InChI=1S/C19H31N3O4S/c1-16-5-4-6-19(13-16)25-12-11-20-7-9-21(10-8-20)27(23,24)22-14-17(2)26-18(3)15-22/h4-6,13,17-18H,7-12,14-15H2,1-3H3/t17-,18+. The monoisotopic (exact) mass is 397 g/mol. The van der Waals surface area contributed by atoms with Gasteiger partial charge in [-0.2, -0.15) is 17.0 Å². The number of hydrogen-bond donors (Lipinski definition) is 0. The molecule has 7 nitrogen and oxygen atoms in total. The predicted molar refractivity (Wildman–Crippen MR) is 105 cm³/mol. The van der Waals surface area contributed by atoms with Gasteiger partial charge in [-0.15, -0.1) is 0 Å². The molecule has 2 fully saturated rings. The Bertz CT molecular complexity index is 709.